The van der Waals surface area contributed by atoms with Crippen LogP contribution >= 0.6 is 0 Å². The Morgan fingerprint density at radius 1 is 1.46 bits per heavy atom. The standard InChI is InChI=1S/C9H14N2O2/c1-6-8(12)11(9(13)10-6)5-7-3-2-4-7/h6-7H,2-5H2,1H3,(H,10,13)/t6-/m1/s1. The van der Waals surface area contributed by atoms with Crippen LogP contribution in [0.2, 0.25) is 0 Å². The average molecular weight is 182 g/mol. The van der Waals surface area contributed by atoms with Crippen molar-refractivity contribution in [2.24, 2.45) is 5.92 Å². The van der Waals surface area contributed by atoms with Crippen molar-refractivity contribution in [3.05, 3.63) is 0 Å². The second-order valence-corrected chi connectivity index (χ2v) is 3.92. The minimum absolute atomic E-state index is 0.0723. The van der Waals surface area contributed by atoms with Crippen molar-refractivity contribution in [1.82, 2.24) is 10.2 Å². The summed E-state index contributed by atoms with van der Waals surface area (Å²) in [6.45, 7) is 2.34. The summed E-state index contributed by atoms with van der Waals surface area (Å²) in [5.74, 6) is 0.483. The van der Waals surface area contributed by atoms with Crippen LogP contribution in [0.3, 0.4) is 0 Å². The minimum atomic E-state index is -0.326. The molecule has 4 nitrogen and oxygen atoms in total. The van der Waals surface area contributed by atoms with Gasteiger partial charge in [-0.25, -0.2) is 4.79 Å². The quantitative estimate of drug-likeness (QED) is 0.640. The van der Waals surface area contributed by atoms with E-state index in [9.17, 15) is 9.59 Å². The predicted octanol–water partition coefficient (Wildman–Crippen LogP) is 0.727. The highest BCUT2D eigenvalue weighted by Crippen LogP contribution is 2.27. The first kappa shape index (κ1) is 8.53. The van der Waals surface area contributed by atoms with Crippen LogP contribution in [0.5, 0.6) is 0 Å². The summed E-state index contributed by atoms with van der Waals surface area (Å²) in [6, 6.07) is -0.544. The molecule has 0 spiro atoms. The highest BCUT2D eigenvalue weighted by Gasteiger charge is 2.36. The van der Waals surface area contributed by atoms with Gasteiger partial charge in [0, 0.05) is 6.54 Å². The zero-order valence-electron chi connectivity index (χ0n) is 7.75. The third kappa shape index (κ3) is 1.41. The summed E-state index contributed by atoms with van der Waals surface area (Å²) in [6.07, 6.45) is 3.56. The highest BCUT2D eigenvalue weighted by atomic mass is 16.2. The zero-order valence-corrected chi connectivity index (χ0v) is 7.75. The number of nitrogens with zero attached hydrogens (tertiary/aromatic N) is 1. The fourth-order valence-corrected chi connectivity index (χ4v) is 1.77. The van der Waals surface area contributed by atoms with E-state index in [1.165, 1.54) is 11.3 Å². The molecule has 1 heterocycles. The molecule has 1 saturated heterocycles. The van der Waals surface area contributed by atoms with Gasteiger partial charge in [-0.15, -0.1) is 0 Å². The molecule has 0 aromatic rings. The summed E-state index contributed by atoms with van der Waals surface area (Å²) < 4.78 is 0. The number of imide groups is 1. The third-order valence-corrected chi connectivity index (χ3v) is 2.89. The molecule has 2 rings (SSSR count). The summed E-state index contributed by atoms with van der Waals surface area (Å²) in [4.78, 5) is 24.1. The van der Waals surface area contributed by atoms with Crippen LogP contribution in [0, 0.1) is 5.92 Å². The number of amides is 3. The Labute approximate surface area is 77.3 Å². The van der Waals surface area contributed by atoms with Gasteiger partial charge < -0.3 is 5.32 Å². The molecule has 1 aliphatic heterocycles. The number of hydrogen-bond acceptors (Lipinski definition) is 2. The maximum atomic E-state index is 11.4. The molecule has 4 heteroatoms. The van der Waals surface area contributed by atoms with Gasteiger partial charge in [-0.3, -0.25) is 9.69 Å². The van der Waals surface area contributed by atoms with Gasteiger partial charge in [0.1, 0.15) is 6.04 Å². The number of rotatable bonds is 2. The molecule has 2 aliphatic rings. The molecular weight excluding hydrogens is 168 g/mol. The van der Waals surface area contributed by atoms with Crippen LogP contribution in [0.15, 0.2) is 0 Å². The maximum absolute atomic E-state index is 11.4. The van der Waals surface area contributed by atoms with Crippen LogP contribution < -0.4 is 5.32 Å². The number of hydrogen-bond donors (Lipinski definition) is 1. The molecule has 0 radical (unpaired) electrons. The van der Waals surface area contributed by atoms with Crippen molar-refractivity contribution in [3.63, 3.8) is 0 Å². The largest absolute Gasteiger partial charge is 0.326 e. The Morgan fingerprint density at radius 3 is 2.54 bits per heavy atom. The Hall–Kier alpha value is -1.06. The van der Waals surface area contributed by atoms with E-state index in [0.29, 0.717) is 12.5 Å². The SMILES string of the molecule is C[C@H]1NC(=O)N(CC2CCC2)C1=O. The van der Waals surface area contributed by atoms with Gasteiger partial charge in [0.15, 0.2) is 0 Å². The first-order valence-corrected chi connectivity index (χ1v) is 4.80. The fourth-order valence-electron chi connectivity index (χ4n) is 1.77. The van der Waals surface area contributed by atoms with E-state index >= 15 is 0 Å². The Kier molecular flexibility index (Phi) is 1.98. The van der Waals surface area contributed by atoms with Crippen LogP contribution in [0.4, 0.5) is 4.79 Å². The van der Waals surface area contributed by atoms with Crippen LogP contribution in [-0.4, -0.2) is 29.4 Å². The lowest BCUT2D eigenvalue weighted by molar-refractivity contribution is -0.127. The first-order chi connectivity index (χ1) is 6.18. The van der Waals surface area contributed by atoms with Crippen molar-refractivity contribution in [3.8, 4) is 0 Å². The number of nitrogens with one attached hydrogen (secondary N) is 1. The van der Waals surface area contributed by atoms with Crippen molar-refractivity contribution in [2.75, 3.05) is 6.54 Å². The first-order valence-electron chi connectivity index (χ1n) is 4.80. The molecule has 0 aromatic carbocycles. The van der Waals surface area contributed by atoms with Gasteiger partial charge in [-0.2, -0.15) is 0 Å². The second kappa shape index (κ2) is 3.01. The van der Waals surface area contributed by atoms with E-state index in [-0.39, 0.29) is 18.0 Å². The minimum Gasteiger partial charge on any atom is -0.326 e. The maximum Gasteiger partial charge on any atom is 0.324 e. The molecular formula is C9H14N2O2. The lowest BCUT2D eigenvalue weighted by Crippen LogP contribution is -2.37. The van der Waals surface area contributed by atoms with Crippen LogP contribution in [0.25, 0.3) is 0 Å². The number of carbonyl (C=O) groups is 2. The Bertz CT molecular complexity index is 248. The van der Waals surface area contributed by atoms with E-state index in [0.717, 1.165) is 12.8 Å². The Balaban J connectivity index is 1.96. The van der Waals surface area contributed by atoms with E-state index in [1.54, 1.807) is 6.92 Å². The average Bonchev–Trinajstić information content (AvgIpc) is 2.21. The fraction of sp³-hybridized carbons (Fsp3) is 0.778. The van der Waals surface area contributed by atoms with Gasteiger partial charge in [0.25, 0.3) is 5.91 Å². The summed E-state index contributed by atoms with van der Waals surface area (Å²) >= 11 is 0. The number of carbonyl (C=O) groups excluding carboxylic acids is 2. The molecule has 3 amide bonds. The van der Waals surface area contributed by atoms with E-state index in [2.05, 4.69) is 5.32 Å². The second-order valence-electron chi connectivity index (χ2n) is 3.92. The lowest BCUT2D eigenvalue weighted by atomic mass is 9.85. The summed E-state index contributed by atoms with van der Waals surface area (Å²) in [5, 5.41) is 2.61. The van der Waals surface area contributed by atoms with Crippen molar-refractivity contribution >= 4 is 11.9 Å². The third-order valence-electron chi connectivity index (χ3n) is 2.89. The Morgan fingerprint density at radius 2 is 2.15 bits per heavy atom. The van der Waals surface area contributed by atoms with Crippen molar-refractivity contribution < 1.29 is 9.59 Å². The van der Waals surface area contributed by atoms with Gasteiger partial charge in [0.2, 0.25) is 0 Å². The van der Waals surface area contributed by atoms with E-state index in [4.69, 9.17) is 0 Å². The molecule has 0 unspecified atom stereocenters. The van der Waals surface area contributed by atoms with Crippen LogP contribution in [0.1, 0.15) is 26.2 Å². The van der Waals surface area contributed by atoms with Gasteiger partial charge in [-0.1, -0.05) is 6.42 Å². The van der Waals surface area contributed by atoms with Gasteiger partial charge >= 0.3 is 6.03 Å². The highest BCUT2D eigenvalue weighted by molar-refractivity contribution is 6.03. The molecule has 0 aromatic heterocycles. The predicted molar refractivity (Wildman–Crippen MR) is 47.0 cm³/mol. The van der Waals surface area contributed by atoms with Gasteiger partial charge in [0.05, 0.1) is 0 Å². The summed E-state index contributed by atoms with van der Waals surface area (Å²) in [7, 11) is 0. The summed E-state index contributed by atoms with van der Waals surface area (Å²) in [5.41, 5.74) is 0. The van der Waals surface area contributed by atoms with Crippen LogP contribution in [-0.2, 0) is 4.79 Å². The molecule has 1 aliphatic carbocycles. The van der Waals surface area contributed by atoms with Gasteiger partial charge in [-0.05, 0) is 25.7 Å². The molecule has 13 heavy (non-hydrogen) atoms. The molecule has 1 N–H and O–H groups in total. The number of urea groups is 1. The molecule has 0 bridgehead atoms. The smallest absolute Gasteiger partial charge is 0.324 e. The molecule has 72 valence electrons. The molecule has 2 fully saturated rings. The van der Waals surface area contributed by atoms with E-state index < -0.39 is 0 Å². The van der Waals surface area contributed by atoms with Crippen molar-refractivity contribution in [2.45, 2.75) is 32.2 Å². The lowest BCUT2D eigenvalue weighted by Gasteiger charge is -2.28. The van der Waals surface area contributed by atoms with E-state index in [1.807, 2.05) is 0 Å². The molecule has 1 atom stereocenters. The topological polar surface area (TPSA) is 49.4 Å². The molecule has 1 saturated carbocycles. The monoisotopic (exact) mass is 182 g/mol. The normalized spacial score (nSPS) is 29.0. The zero-order chi connectivity index (χ0) is 9.42. The van der Waals surface area contributed by atoms with Crippen molar-refractivity contribution in [1.29, 1.82) is 0 Å².